The highest BCUT2D eigenvalue weighted by Gasteiger charge is 1.83. The predicted octanol–water partition coefficient (Wildman–Crippen LogP) is 1.99. The van der Waals surface area contributed by atoms with Gasteiger partial charge in [-0.25, -0.2) is 0 Å². The second kappa shape index (κ2) is 6.88. The molecular formula is C9H12FN. The van der Waals surface area contributed by atoms with E-state index in [-0.39, 0.29) is 5.95 Å². The zero-order chi connectivity index (χ0) is 8.53. The number of hydrogen-bond acceptors (Lipinski definition) is 1. The highest BCUT2D eigenvalue weighted by Crippen LogP contribution is 1.86. The summed E-state index contributed by atoms with van der Waals surface area (Å²) in [5, 5.41) is 2.48. The molecule has 0 rings (SSSR count). The summed E-state index contributed by atoms with van der Waals surface area (Å²) in [5.74, 6) is 5.19. The molecule has 2 heteroatoms. The molecule has 60 valence electrons. The Morgan fingerprint density at radius 1 is 1.64 bits per heavy atom. The summed E-state index contributed by atoms with van der Waals surface area (Å²) in [4.78, 5) is 0. The zero-order valence-electron chi connectivity index (χ0n) is 6.65. The summed E-state index contributed by atoms with van der Waals surface area (Å²) in [7, 11) is 0. The highest BCUT2D eigenvalue weighted by molar-refractivity contribution is 5.05. The number of allylic oxidation sites excluding steroid dienone is 2. The van der Waals surface area contributed by atoms with E-state index in [4.69, 9.17) is 0 Å². The molecule has 0 atom stereocenters. The SMILES string of the molecule is C=CCC#CCN/C(F)=C\C. The fraction of sp³-hybridized carbons (Fsp3) is 0.333. The van der Waals surface area contributed by atoms with Crippen LogP contribution >= 0.6 is 0 Å². The van der Waals surface area contributed by atoms with Gasteiger partial charge in [0.15, 0.2) is 5.95 Å². The Hall–Kier alpha value is -1.23. The van der Waals surface area contributed by atoms with Crippen LogP contribution in [-0.2, 0) is 0 Å². The van der Waals surface area contributed by atoms with Gasteiger partial charge in [0, 0.05) is 6.42 Å². The first-order valence-electron chi connectivity index (χ1n) is 3.43. The van der Waals surface area contributed by atoms with Crippen LogP contribution in [0.25, 0.3) is 0 Å². The van der Waals surface area contributed by atoms with Crippen molar-refractivity contribution in [3.63, 3.8) is 0 Å². The first-order chi connectivity index (χ1) is 5.31. The van der Waals surface area contributed by atoms with E-state index in [2.05, 4.69) is 23.7 Å². The van der Waals surface area contributed by atoms with Crippen molar-refractivity contribution in [3.8, 4) is 11.8 Å². The molecular weight excluding hydrogens is 141 g/mol. The highest BCUT2D eigenvalue weighted by atomic mass is 19.1. The predicted molar refractivity (Wildman–Crippen MR) is 45.5 cm³/mol. The van der Waals surface area contributed by atoms with E-state index in [9.17, 15) is 4.39 Å². The molecule has 0 radical (unpaired) electrons. The lowest BCUT2D eigenvalue weighted by molar-refractivity contribution is 0.560. The molecule has 0 aromatic heterocycles. The summed E-state index contributed by atoms with van der Waals surface area (Å²) in [5.41, 5.74) is 0. The molecule has 0 fully saturated rings. The third-order valence-electron chi connectivity index (χ3n) is 0.971. The van der Waals surface area contributed by atoms with Gasteiger partial charge in [0.2, 0.25) is 0 Å². The molecule has 0 aromatic rings. The van der Waals surface area contributed by atoms with Crippen molar-refractivity contribution in [3.05, 3.63) is 24.7 Å². The normalized spacial score (nSPS) is 9.82. The summed E-state index contributed by atoms with van der Waals surface area (Å²) in [6, 6.07) is 0. The second-order valence-electron chi connectivity index (χ2n) is 1.84. The van der Waals surface area contributed by atoms with Gasteiger partial charge >= 0.3 is 0 Å². The van der Waals surface area contributed by atoms with E-state index in [1.807, 2.05) is 0 Å². The van der Waals surface area contributed by atoms with Crippen molar-refractivity contribution >= 4 is 0 Å². The molecule has 0 unspecified atom stereocenters. The van der Waals surface area contributed by atoms with Crippen molar-refractivity contribution < 1.29 is 4.39 Å². The van der Waals surface area contributed by atoms with Crippen LogP contribution in [0.15, 0.2) is 24.7 Å². The van der Waals surface area contributed by atoms with Gasteiger partial charge in [-0.05, 0) is 13.0 Å². The van der Waals surface area contributed by atoms with Crippen molar-refractivity contribution in [1.82, 2.24) is 5.32 Å². The van der Waals surface area contributed by atoms with Crippen LogP contribution in [0.4, 0.5) is 4.39 Å². The minimum atomic E-state index is -0.335. The Balaban J connectivity index is 3.43. The van der Waals surface area contributed by atoms with Crippen LogP contribution in [0.5, 0.6) is 0 Å². The van der Waals surface area contributed by atoms with E-state index >= 15 is 0 Å². The number of halogens is 1. The van der Waals surface area contributed by atoms with Gasteiger partial charge in [-0.3, -0.25) is 0 Å². The molecule has 0 heterocycles. The fourth-order valence-corrected chi connectivity index (χ4v) is 0.438. The van der Waals surface area contributed by atoms with Gasteiger partial charge in [0.25, 0.3) is 0 Å². The maximum absolute atomic E-state index is 12.3. The maximum atomic E-state index is 12.3. The Morgan fingerprint density at radius 3 is 2.91 bits per heavy atom. The Labute approximate surface area is 67.0 Å². The largest absolute Gasteiger partial charge is 0.351 e. The fourth-order valence-electron chi connectivity index (χ4n) is 0.438. The lowest BCUT2D eigenvalue weighted by Gasteiger charge is -1.93. The first-order valence-corrected chi connectivity index (χ1v) is 3.43. The van der Waals surface area contributed by atoms with Crippen LogP contribution in [0, 0.1) is 11.8 Å². The minimum absolute atomic E-state index is 0.335. The average Bonchev–Trinajstić information content (AvgIpc) is 2.04. The quantitative estimate of drug-likeness (QED) is 0.371. The molecule has 0 saturated heterocycles. The first kappa shape index (κ1) is 9.77. The number of hydrogen-bond donors (Lipinski definition) is 1. The van der Waals surface area contributed by atoms with E-state index in [0.29, 0.717) is 13.0 Å². The van der Waals surface area contributed by atoms with Gasteiger partial charge in [-0.2, -0.15) is 4.39 Å². The van der Waals surface area contributed by atoms with Crippen molar-refractivity contribution in [2.75, 3.05) is 6.54 Å². The molecule has 1 N–H and O–H groups in total. The monoisotopic (exact) mass is 153 g/mol. The molecule has 0 amide bonds. The van der Waals surface area contributed by atoms with Gasteiger partial charge in [-0.15, -0.1) is 6.58 Å². The van der Waals surface area contributed by atoms with Crippen LogP contribution in [0.3, 0.4) is 0 Å². The van der Waals surface area contributed by atoms with Crippen molar-refractivity contribution in [2.24, 2.45) is 0 Å². The summed E-state index contributed by atoms with van der Waals surface area (Å²) >= 11 is 0. The zero-order valence-corrected chi connectivity index (χ0v) is 6.65. The molecule has 0 spiro atoms. The van der Waals surface area contributed by atoms with E-state index in [1.54, 1.807) is 13.0 Å². The summed E-state index contributed by atoms with van der Waals surface area (Å²) < 4.78 is 12.3. The van der Waals surface area contributed by atoms with E-state index < -0.39 is 0 Å². The Bertz CT molecular complexity index is 195. The van der Waals surface area contributed by atoms with E-state index in [0.717, 1.165) is 0 Å². The Kier molecular flexibility index (Phi) is 6.11. The maximum Gasteiger partial charge on any atom is 0.183 e. The van der Waals surface area contributed by atoms with Crippen LogP contribution in [0.2, 0.25) is 0 Å². The molecule has 11 heavy (non-hydrogen) atoms. The molecule has 0 aliphatic carbocycles. The second-order valence-corrected chi connectivity index (χ2v) is 1.84. The summed E-state index contributed by atoms with van der Waals surface area (Å²) in [6.07, 6.45) is 3.72. The lowest BCUT2D eigenvalue weighted by atomic mass is 10.4. The Morgan fingerprint density at radius 2 is 2.36 bits per heavy atom. The van der Waals surface area contributed by atoms with Crippen LogP contribution in [-0.4, -0.2) is 6.54 Å². The summed E-state index contributed by atoms with van der Waals surface area (Å²) in [6.45, 7) is 5.48. The number of nitrogens with one attached hydrogen (secondary N) is 1. The smallest absolute Gasteiger partial charge is 0.183 e. The average molecular weight is 153 g/mol. The van der Waals surface area contributed by atoms with Gasteiger partial charge in [0.1, 0.15) is 0 Å². The minimum Gasteiger partial charge on any atom is -0.351 e. The third-order valence-corrected chi connectivity index (χ3v) is 0.971. The van der Waals surface area contributed by atoms with Gasteiger partial charge in [0.05, 0.1) is 6.54 Å². The molecule has 1 nitrogen and oxygen atoms in total. The van der Waals surface area contributed by atoms with Crippen molar-refractivity contribution in [1.29, 1.82) is 0 Å². The van der Waals surface area contributed by atoms with Crippen molar-refractivity contribution in [2.45, 2.75) is 13.3 Å². The standard InChI is InChI=1S/C9H12FN/c1-3-5-6-7-8-11-9(10)4-2/h3-4,11H,1,5,8H2,2H3/b9-4-. The molecule has 0 aliphatic heterocycles. The molecule has 0 bridgehead atoms. The topological polar surface area (TPSA) is 12.0 Å². The van der Waals surface area contributed by atoms with Gasteiger partial charge < -0.3 is 5.32 Å². The van der Waals surface area contributed by atoms with Crippen LogP contribution in [0.1, 0.15) is 13.3 Å². The van der Waals surface area contributed by atoms with Crippen LogP contribution < -0.4 is 5.32 Å². The molecule has 0 aromatic carbocycles. The van der Waals surface area contributed by atoms with E-state index in [1.165, 1.54) is 6.08 Å². The number of rotatable bonds is 3. The lowest BCUT2D eigenvalue weighted by Crippen LogP contribution is -2.09. The molecule has 0 saturated carbocycles. The third kappa shape index (κ3) is 6.66. The molecule has 0 aliphatic rings. The van der Waals surface area contributed by atoms with Gasteiger partial charge in [-0.1, -0.05) is 17.9 Å².